The largest absolute Gasteiger partial charge is 0.497 e. The first-order chi connectivity index (χ1) is 14.5. The minimum absolute atomic E-state index is 0.00392. The van der Waals surface area contributed by atoms with Crippen LogP contribution in [0.5, 0.6) is 5.75 Å². The van der Waals surface area contributed by atoms with E-state index >= 15 is 0 Å². The van der Waals surface area contributed by atoms with Gasteiger partial charge in [0.05, 0.1) is 26.2 Å². The summed E-state index contributed by atoms with van der Waals surface area (Å²) < 4.78 is 11.0. The van der Waals surface area contributed by atoms with Gasteiger partial charge in [0.1, 0.15) is 5.75 Å². The lowest BCUT2D eigenvalue weighted by molar-refractivity contribution is -0.135. The number of carbonyl (C=O) groups excluding carboxylic acids is 2. The monoisotopic (exact) mass is 410 g/mol. The predicted octanol–water partition coefficient (Wildman–Crippen LogP) is 3.50. The molecule has 1 aliphatic rings. The van der Waals surface area contributed by atoms with Crippen LogP contribution in [0.1, 0.15) is 29.5 Å². The van der Waals surface area contributed by atoms with Crippen LogP contribution in [0.25, 0.3) is 0 Å². The number of benzene rings is 2. The van der Waals surface area contributed by atoms with Crippen molar-refractivity contribution in [3.8, 4) is 5.75 Å². The van der Waals surface area contributed by atoms with Crippen molar-refractivity contribution in [2.45, 2.75) is 39.2 Å². The number of amides is 2. The van der Waals surface area contributed by atoms with Gasteiger partial charge in [-0.25, -0.2) is 0 Å². The van der Waals surface area contributed by atoms with Crippen LogP contribution in [-0.2, 0) is 20.7 Å². The molecule has 2 aromatic carbocycles. The first-order valence-electron chi connectivity index (χ1n) is 10.3. The van der Waals surface area contributed by atoms with E-state index in [0.717, 1.165) is 35.2 Å². The lowest BCUT2D eigenvalue weighted by atomic mass is 10.1. The lowest BCUT2D eigenvalue weighted by Gasteiger charge is -2.25. The van der Waals surface area contributed by atoms with Crippen molar-refractivity contribution in [2.24, 2.45) is 0 Å². The Bertz CT molecular complexity index is 891. The molecule has 0 aromatic heterocycles. The van der Waals surface area contributed by atoms with Crippen LogP contribution < -0.4 is 10.1 Å². The molecule has 1 saturated heterocycles. The summed E-state index contributed by atoms with van der Waals surface area (Å²) in [5.74, 6) is 0.397. The number of nitrogens with one attached hydrogen (secondary N) is 1. The van der Waals surface area contributed by atoms with Gasteiger partial charge in [0, 0.05) is 18.8 Å². The highest BCUT2D eigenvalue weighted by Crippen LogP contribution is 2.19. The Labute approximate surface area is 178 Å². The third kappa shape index (κ3) is 5.83. The van der Waals surface area contributed by atoms with E-state index in [4.69, 9.17) is 9.47 Å². The van der Waals surface area contributed by atoms with Crippen LogP contribution in [0.2, 0.25) is 0 Å². The van der Waals surface area contributed by atoms with Crippen molar-refractivity contribution < 1.29 is 19.1 Å². The summed E-state index contributed by atoms with van der Waals surface area (Å²) in [4.78, 5) is 27.4. The van der Waals surface area contributed by atoms with Gasteiger partial charge < -0.3 is 19.7 Å². The second-order valence-corrected chi connectivity index (χ2v) is 7.73. The predicted molar refractivity (Wildman–Crippen MR) is 117 cm³/mol. The summed E-state index contributed by atoms with van der Waals surface area (Å²) >= 11 is 0. The van der Waals surface area contributed by atoms with Crippen molar-refractivity contribution in [3.63, 3.8) is 0 Å². The van der Waals surface area contributed by atoms with Gasteiger partial charge in [-0.15, -0.1) is 0 Å². The van der Waals surface area contributed by atoms with Gasteiger partial charge in [0.25, 0.3) is 0 Å². The lowest BCUT2D eigenvalue weighted by Crippen LogP contribution is -2.43. The van der Waals surface area contributed by atoms with Crippen LogP contribution >= 0.6 is 0 Å². The number of rotatable bonds is 8. The first-order valence-corrected chi connectivity index (χ1v) is 10.3. The smallest absolute Gasteiger partial charge is 0.244 e. The van der Waals surface area contributed by atoms with Crippen molar-refractivity contribution in [2.75, 3.05) is 32.1 Å². The van der Waals surface area contributed by atoms with Gasteiger partial charge in [-0.1, -0.05) is 24.3 Å². The van der Waals surface area contributed by atoms with E-state index in [1.807, 2.05) is 56.3 Å². The Hall–Kier alpha value is -2.86. The highest BCUT2D eigenvalue weighted by atomic mass is 16.5. The summed E-state index contributed by atoms with van der Waals surface area (Å²) in [6.07, 6.45) is 2.08. The number of methoxy groups -OCH3 is 1. The van der Waals surface area contributed by atoms with E-state index < -0.39 is 0 Å². The van der Waals surface area contributed by atoms with Gasteiger partial charge in [0.15, 0.2) is 0 Å². The molecule has 30 heavy (non-hydrogen) atoms. The Morgan fingerprint density at radius 1 is 1.20 bits per heavy atom. The van der Waals surface area contributed by atoms with E-state index in [9.17, 15) is 9.59 Å². The molecule has 1 aliphatic heterocycles. The highest BCUT2D eigenvalue weighted by molar-refractivity contribution is 5.95. The van der Waals surface area contributed by atoms with Crippen molar-refractivity contribution in [1.82, 2.24) is 4.90 Å². The minimum atomic E-state index is -0.208. The number of anilines is 1. The third-order valence-electron chi connectivity index (χ3n) is 5.50. The summed E-state index contributed by atoms with van der Waals surface area (Å²) in [5, 5.41) is 2.95. The number of aryl methyl sites for hydroxylation is 1. The molecule has 0 aliphatic carbocycles. The van der Waals surface area contributed by atoms with Crippen molar-refractivity contribution in [3.05, 3.63) is 59.2 Å². The zero-order valence-corrected chi connectivity index (χ0v) is 17.9. The molecule has 0 spiro atoms. The number of hydrogen-bond donors (Lipinski definition) is 1. The molecule has 1 atom stereocenters. The van der Waals surface area contributed by atoms with Gasteiger partial charge >= 0.3 is 0 Å². The molecule has 2 aromatic rings. The summed E-state index contributed by atoms with van der Waals surface area (Å²) in [6.45, 7) is 5.10. The van der Waals surface area contributed by atoms with Crippen LogP contribution in [0.15, 0.2) is 42.5 Å². The van der Waals surface area contributed by atoms with E-state index in [2.05, 4.69) is 5.32 Å². The molecular formula is C24H30N2O4. The van der Waals surface area contributed by atoms with Crippen molar-refractivity contribution in [1.29, 1.82) is 0 Å². The molecule has 1 fully saturated rings. The zero-order valence-electron chi connectivity index (χ0n) is 17.9. The molecule has 2 amide bonds. The summed E-state index contributed by atoms with van der Waals surface area (Å²) in [5.41, 5.74) is 3.77. The summed E-state index contributed by atoms with van der Waals surface area (Å²) in [6, 6.07) is 13.2. The zero-order chi connectivity index (χ0) is 21.5. The van der Waals surface area contributed by atoms with E-state index in [-0.39, 0.29) is 30.9 Å². The fraction of sp³-hybridized carbons (Fsp3) is 0.417. The van der Waals surface area contributed by atoms with Gasteiger partial charge in [-0.3, -0.25) is 9.59 Å². The summed E-state index contributed by atoms with van der Waals surface area (Å²) in [7, 11) is 1.60. The van der Waals surface area contributed by atoms with Crippen LogP contribution in [-0.4, -0.2) is 49.6 Å². The maximum Gasteiger partial charge on any atom is 0.244 e. The first kappa shape index (κ1) is 21.8. The average molecular weight is 411 g/mol. The molecule has 0 bridgehead atoms. The third-order valence-corrected chi connectivity index (χ3v) is 5.50. The Kier molecular flexibility index (Phi) is 7.46. The molecule has 1 unspecified atom stereocenters. The maximum absolute atomic E-state index is 13.1. The Morgan fingerprint density at radius 3 is 2.73 bits per heavy atom. The molecule has 6 heteroatoms. The number of nitrogens with zero attached hydrogens (tertiary/aromatic N) is 1. The van der Waals surface area contributed by atoms with Crippen LogP contribution in [0, 0.1) is 13.8 Å². The van der Waals surface area contributed by atoms with Gasteiger partial charge in [-0.2, -0.15) is 0 Å². The fourth-order valence-electron chi connectivity index (χ4n) is 3.61. The topological polar surface area (TPSA) is 67.9 Å². The fourth-order valence-corrected chi connectivity index (χ4v) is 3.61. The number of carbonyl (C=O) groups is 2. The molecule has 1 N–H and O–H groups in total. The average Bonchev–Trinajstić information content (AvgIpc) is 3.24. The SMILES string of the molecule is COc1cccc(CC(=O)N(CC(=O)Nc2cccc(C)c2C)CC2CCCO2)c1. The molecule has 0 saturated carbocycles. The standard InChI is InChI=1S/C24H30N2O4/c1-17-7-4-11-22(18(17)2)25-23(27)16-26(15-21-10-6-12-30-21)24(28)14-19-8-5-9-20(13-19)29-3/h4-5,7-9,11,13,21H,6,10,12,14-16H2,1-3H3,(H,25,27). The molecular weight excluding hydrogens is 380 g/mol. The van der Waals surface area contributed by atoms with Gasteiger partial charge in [-0.05, 0) is 61.6 Å². The maximum atomic E-state index is 13.1. The van der Waals surface area contributed by atoms with Crippen LogP contribution in [0.3, 0.4) is 0 Å². The van der Waals surface area contributed by atoms with Crippen LogP contribution in [0.4, 0.5) is 5.69 Å². The normalized spacial score (nSPS) is 15.6. The molecule has 1 heterocycles. The molecule has 3 rings (SSSR count). The van der Waals surface area contributed by atoms with Gasteiger partial charge in [0.2, 0.25) is 11.8 Å². The molecule has 0 radical (unpaired) electrons. The second kappa shape index (κ2) is 10.3. The molecule has 160 valence electrons. The Morgan fingerprint density at radius 2 is 2.00 bits per heavy atom. The van der Waals surface area contributed by atoms with E-state index in [1.165, 1.54) is 0 Å². The number of ether oxygens (including phenoxy) is 2. The van der Waals surface area contributed by atoms with Crippen molar-refractivity contribution >= 4 is 17.5 Å². The molecule has 6 nitrogen and oxygen atoms in total. The van der Waals surface area contributed by atoms with E-state index in [0.29, 0.717) is 18.9 Å². The minimum Gasteiger partial charge on any atom is -0.497 e. The van der Waals surface area contributed by atoms with E-state index in [1.54, 1.807) is 12.0 Å². The number of hydrogen-bond acceptors (Lipinski definition) is 4. The Balaban J connectivity index is 1.69. The highest BCUT2D eigenvalue weighted by Gasteiger charge is 2.24. The second-order valence-electron chi connectivity index (χ2n) is 7.73. The quantitative estimate of drug-likeness (QED) is 0.723.